The maximum Gasteiger partial charge on any atom is 0.118 e. The number of benzene rings is 1. The molecule has 1 aromatic rings. The molecule has 0 saturated carbocycles. The summed E-state index contributed by atoms with van der Waals surface area (Å²) < 4.78 is 5.24. The van der Waals surface area contributed by atoms with Crippen LogP contribution in [0.1, 0.15) is 24.9 Å². The monoisotopic (exact) mass is 297 g/mol. The first-order valence-electron chi connectivity index (χ1n) is 6.84. The molecule has 0 radical (unpaired) electrons. The quantitative estimate of drug-likeness (QED) is 0.896. The number of thioether (sulfide) groups is 2. The average molecular weight is 297 g/mol. The Morgan fingerprint density at radius 2 is 1.95 bits per heavy atom. The number of nitrogens with one attached hydrogen (secondary N) is 1. The summed E-state index contributed by atoms with van der Waals surface area (Å²) in [6.45, 7) is 2.30. The van der Waals surface area contributed by atoms with Gasteiger partial charge in [0.2, 0.25) is 0 Å². The summed E-state index contributed by atoms with van der Waals surface area (Å²) >= 11 is 4.25. The molecule has 1 N–H and O–H groups in total. The molecular formula is C15H23NOS2. The van der Waals surface area contributed by atoms with Crippen LogP contribution in [-0.2, 0) is 0 Å². The van der Waals surface area contributed by atoms with Crippen LogP contribution in [0.15, 0.2) is 24.3 Å². The molecule has 106 valence electrons. The van der Waals surface area contributed by atoms with Crippen LogP contribution in [0.25, 0.3) is 0 Å². The maximum absolute atomic E-state index is 5.24. The second kappa shape index (κ2) is 7.46. The SMILES string of the molecule is CCC1SCCSC1C(NC)c1ccc(OC)cc1. The Kier molecular flexibility index (Phi) is 5.92. The number of methoxy groups -OCH3 is 1. The summed E-state index contributed by atoms with van der Waals surface area (Å²) in [5, 5.41) is 4.92. The molecular weight excluding hydrogens is 274 g/mol. The van der Waals surface area contributed by atoms with Gasteiger partial charge >= 0.3 is 0 Å². The first kappa shape index (κ1) is 15.1. The lowest BCUT2D eigenvalue weighted by Crippen LogP contribution is -2.37. The molecule has 0 aromatic heterocycles. The highest BCUT2D eigenvalue weighted by Crippen LogP contribution is 2.40. The smallest absolute Gasteiger partial charge is 0.118 e. The van der Waals surface area contributed by atoms with Crippen molar-refractivity contribution in [3.05, 3.63) is 29.8 Å². The Labute approximate surface area is 125 Å². The van der Waals surface area contributed by atoms with Gasteiger partial charge in [-0.05, 0) is 31.2 Å². The lowest BCUT2D eigenvalue weighted by Gasteiger charge is -2.36. The summed E-state index contributed by atoms with van der Waals surface area (Å²) in [5.41, 5.74) is 1.36. The molecule has 3 atom stereocenters. The van der Waals surface area contributed by atoms with Crippen molar-refractivity contribution in [2.45, 2.75) is 29.9 Å². The lowest BCUT2D eigenvalue weighted by molar-refractivity contribution is 0.414. The molecule has 0 bridgehead atoms. The normalized spacial score (nSPS) is 25.0. The van der Waals surface area contributed by atoms with Crippen molar-refractivity contribution in [2.75, 3.05) is 25.7 Å². The molecule has 3 unspecified atom stereocenters. The zero-order chi connectivity index (χ0) is 13.7. The van der Waals surface area contributed by atoms with E-state index < -0.39 is 0 Å². The van der Waals surface area contributed by atoms with Gasteiger partial charge < -0.3 is 10.1 Å². The van der Waals surface area contributed by atoms with Crippen LogP contribution in [-0.4, -0.2) is 36.2 Å². The van der Waals surface area contributed by atoms with Crippen LogP contribution in [0.3, 0.4) is 0 Å². The van der Waals surface area contributed by atoms with Crippen LogP contribution in [0.2, 0.25) is 0 Å². The fourth-order valence-corrected chi connectivity index (χ4v) is 5.87. The Morgan fingerprint density at radius 1 is 1.26 bits per heavy atom. The predicted octanol–water partition coefficient (Wildman–Crippen LogP) is 3.58. The van der Waals surface area contributed by atoms with Crippen LogP contribution >= 0.6 is 23.5 Å². The highest BCUT2D eigenvalue weighted by atomic mass is 32.2. The van der Waals surface area contributed by atoms with Gasteiger partial charge in [-0.2, -0.15) is 23.5 Å². The van der Waals surface area contributed by atoms with Gasteiger partial charge in [-0.3, -0.25) is 0 Å². The molecule has 0 spiro atoms. The number of ether oxygens (including phenoxy) is 1. The minimum Gasteiger partial charge on any atom is -0.497 e. The largest absolute Gasteiger partial charge is 0.497 e. The van der Waals surface area contributed by atoms with Crippen molar-refractivity contribution in [3.63, 3.8) is 0 Å². The van der Waals surface area contributed by atoms with Crippen LogP contribution in [0.4, 0.5) is 0 Å². The van der Waals surface area contributed by atoms with Crippen molar-refractivity contribution < 1.29 is 4.74 Å². The van der Waals surface area contributed by atoms with Gasteiger partial charge in [-0.1, -0.05) is 19.1 Å². The van der Waals surface area contributed by atoms with Crippen molar-refractivity contribution in [2.24, 2.45) is 0 Å². The second-order valence-corrected chi connectivity index (χ2v) is 7.33. The molecule has 1 aliphatic heterocycles. The van der Waals surface area contributed by atoms with E-state index >= 15 is 0 Å². The maximum atomic E-state index is 5.24. The van der Waals surface area contributed by atoms with E-state index in [-0.39, 0.29) is 0 Å². The van der Waals surface area contributed by atoms with Crippen LogP contribution in [0, 0.1) is 0 Å². The summed E-state index contributed by atoms with van der Waals surface area (Å²) in [7, 11) is 3.78. The third kappa shape index (κ3) is 3.61. The van der Waals surface area contributed by atoms with E-state index in [4.69, 9.17) is 4.74 Å². The summed E-state index contributed by atoms with van der Waals surface area (Å²) in [4.78, 5) is 0. The van der Waals surface area contributed by atoms with Gasteiger partial charge in [0.05, 0.1) is 7.11 Å². The molecule has 0 aliphatic carbocycles. The standard InChI is InChI=1S/C15H23NOS2/c1-4-13-15(19-10-9-18-13)14(16-2)11-5-7-12(17-3)8-6-11/h5-8,13-16H,4,9-10H2,1-3H3. The summed E-state index contributed by atoms with van der Waals surface area (Å²) in [5.74, 6) is 3.48. The van der Waals surface area contributed by atoms with E-state index in [9.17, 15) is 0 Å². The molecule has 4 heteroatoms. The van der Waals surface area contributed by atoms with Crippen molar-refractivity contribution in [1.29, 1.82) is 0 Å². The van der Waals surface area contributed by atoms with Gasteiger partial charge in [0.1, 0.15) is 5.75 Å². The second-order valence-electron chi connectivity index (χ2n) is 4.69. The van der Waals surface area contributed by atoms with Gasteiger partial charge in [-0.15, -0.1) is 0 Å². The van der Waals surface area contributed by atoms with Crippen molar-refractivity contribution in [3.8, 4) is 5.75 Å². The highest BCUT2D eigenvalue weighted by molar-refractivity contribution is 8.07. The van der Waals surface area contributed by atoms with Gasteiger partial charge in [-0.25, -0.2) is 0 Å². The van der Waals surface area contributed by atoms with Gasteiger partial charge in [0.25, 0.3) is 0 Å². The van der Waals surface area contributed by atoms with Crippen LogP contribution < -0.4 is 10.1 Å². The third-order valence-corrected chi connectivity index (χ3v) is 6.96. The average Bonchev–Trinajstić information content (AvgIpc) is 2.49. The molecule has 0 amide bonds. The number of rotatable bonds is 5. The summed E-state index contributed by atoms with van der Waals surface area (Å²) in [6.07, 6.45) is 1.25. The zero-order valence-electron chi connectivity index (χ0n) is 11.9. The Hall–Kier alpha value is -0.320. The molecule has 19 heavy (non-hydrogen) atoms. The number of hydrogen-bond donors (Lipinski definition) is 1. The first-order chi connectivity index (χ1) is 9.30. The van der Waals surface area contributed by atoms with E-state index in [1.807, 2.05) is 0 Å². The lowest BCUT2D eigenvalue weighted by atomic mass is 10.00. The molecule has 1 aliphatic rings. The Balaban J connectivity index is 2.17. The third-order valence-electron chi connectivity index (χ3n) is 3.61. The molecule has 2 nitrogen and oxygen atoms in total. The van der Waals surface area contributed by atoms with Gasteiger partial charge in [0.15, 0.2) is 0 Å². The number of hydrogen-bond acceptors (Lipinski definition) is 4. The van der Waals surface area contributed by atoms with E-state index in [0.717, 1.165) is 11.0 Å². The van der Waals surface area contributed by atoms with E-state index in [2.05, 4.69) is 67.1 Å². The van der Waals surface area contributed by atoms with E-state index in [1.54, 1.807) is 7.11 Å². The molecule has 1 saturated heterocycles. The minimum absolute atomic E-state index is 0.425. The first-order valence-corrected chi connectivity index (χ1v) is 8.94. The fraction of sp³-hybridized carbons (Fsp3) is 0.600. The molecule has 2 rings (SSSR count). The Morgan fingerprint density at radius 3 is 2.53 bits per heavy atom. The molecule has 1 fully saturated rings. The zero-order valence-corrected chi connectivity index (χ0v) is 13.5. The summed E-state index contributed by atoms with van der Waals surface area (Å²) in [6, 6.07) is 8.91. The predicted molar refractivity (Wildman–Crippen MR) is 87.6 cm³/mol. The van der Waals surface area contributed by atoms with Crippen molar-refractivity contribution >= 4 is 23.5 Å². The van der Waals surface area contributed by atoms with Crippen LogP contribution in [0.5, 0.6) is 5.75 Å². The van der Waals surface area contributed by atoms with Crippen molar-refractivity contribution in [1.82, 2.24) is 5.32 Å². The van der Waals surface area contributed by atoms with E-state index in [1.165, 1.54) is 23.5 Å². The fourth-order valence-electron chi connectivity index (χ4n) is 2.58. The minimum atomic E-state index is 0.425. The molecule has 1 heterocycles. The molecule has 1 aromatic carbocycles. The Bertz CT molecular complexity index is 382. The highest BCUT2D eigenvalue weighted by Gasteiger charge is 2.32. The topological polar surface area (TPSA) is 21.3 Å². The van der Waals surface area contributed by atoms with Gasteiger partial charge in [0, 0.05) is 28.0 Å². The van der Waals surface area contributed by atoms with E-state index in [0.29, 0.717) is 11.3 Å².